The van der Waals surface area contributed by atoms with E-state index in [4.69, 9.17) is 10.9 Å². The highest BCUT2D eigenvalue weighted by atomic mass is 32.2. The topological polar surface area (TPSA) is 75.3 Å². The minimum Gasteiger partial charge on any atom is -0.396 e. The largest absolute Gasteiger partial charge is 0.396 e. The molecule has 0 aliphatic heterocycles. The van der Waals surface area contributed by atoms with E-state index in [1.807, 2.05) is 24.3 Å². The molecule has 1 aromatic carbocycles. The molecular formula is C13H20N2O2S. The molecule has 0 spiro atoms. The van der Waals surface area contributed by atoms with E-state index >= 15 is 0 Å². The first kappa shape index (κ1) is 15.0. The second kappa shape index (κ2) is 8.13. The Morgan fingerprint density at radius 2 is 2.11 bits per heavy atom. The summed E-state index contributed by atoms with van der Waals surface area (Å²) in [5, 5.41) is 9.27. The van der Waals surface area contributed by atoms with Crippen molar-refractivity contribution < 1.29 is 9.90 Å². The van der Waals surface area contributed by atoms with Gasteiger partial charge in [-0.3, -0.25) is 10.2 Å². The molecule has 5 heteroatoms. The normalized spacial score (nSPS) is 12.2. The first-order valence-electron chi connectivity index (χ1n) is 5.96. The number of aliphatic hydroxyl groups is 1. The van der Waals surface area contributed by atoms with Crippen molar-refractivity contribution in [3.8, 4) is 0 Å². The van der Waals surface area contributed by atoms with Gasteiger partial charge in [-0.1, -0.05) is 31.2 Å². The summed E-state index contributed by atoms with van der Waals surface area (Å²) in [7, 11) is 0. The molecule has 1 amide bonds. The molecule has 0 aliphatic carbocycles. The highest BCUT2D eigenvalue weighted by molar-refractivity contribution is 7.99. The van der Waals surface area contributed by atoms with Gasteiger partial charge in [0, 0.05) is 17.6 Å². The van der Waals surface area contributed by atoms with Crippen molar-refractivity contribution in [2.24, 2.45) is 5.84 Å². The van der Waals surface area contributed by atoms with Crippen LogP contribution < -0.4 is 11.3 Å². The van der Waals surface area contributed by atoms with Crippen molar-refractivity contribution in [3.05, 3.63) is 35.4 Å². The van der Waals surface area contributed by atoms with E-state index in [0.717, 1.165) is 23.3 Å². The number of hydrogen-bond acceptors (Lipinski definition) is 4. The highest BCUT2D eigenvalue weighted by Crippen LogP contribution is 2.22. The van der Waals surface area contributed by atoms with Gasteiger partial charge in [0.2, 0.25) is 5.91 Å². The molecule has 0 fully saturated rings. The third kappa shape index (κ3) is 5.08. The molecule has 0 radical (unpaired) electrons. The number of hydrazine groups is 1. The van der Waals surface area contributed by atoms with Crippen molar-refractivity contribution >= 4 is 17.7 Å². The lowest BCUT2D eigenvalue weighted by Crippen LogP contribution is -2.31. The van der Waals surface area contributed by atoms with Gasteiger partial charge in [-0.2, -0.15) is 11.8 Å². The molecular weight excluding hydrogens is 248 g/mol. The molecule has 18 heavy (non-hydrogen) atoms. The Balaban J connectivity index is 2.61. The predicted octanol–water partition coefficient (Wildman–Crippen LogP) is 1.22. The third-order valence-electron chi connectivity index (χ3n) is 2.69. The minimum atomic E-state index is -0.184. The van der Waals surface area contributed by atoms with Crippen LogP contribution >= 0.6 is 11.8 Å². The number of nitrogens with one attached hydrogen (secondary N) is 1. The van der Waals surface area contributed by atoms with E-state index in [1.165, 1.54) is 0 Å². The third-order valence-corrected chi connectivity index (χ3v) is 3.97. The fraction of sp³-hybridized carbons (Fsp3) is 0.462. The SMILES string of the molecule is CC(CCO)SCc1ccccc1CC(=O)NN. The number of amides is 1. The van der Waals surface area contributed by atoms with Crippen LogP contribution in [0.15, 0.2) is 24.3 Å². The highest BCUT2D eigenvalue weighted by Gasteiger charge is 2.08. The van der Waals surface area contributed by atoms with Gasteiger partial charge in [-0.25, -0.2) is 5.84 Å². The van der Waals surface area contributed by atoms with E-state index in [-0.39, 0.29) is 12.5 Å². The van der Waals surface area contributed by atoms with E-state index in [2.05, 4.69) is 12.3 Å². The summed E-state index contributed by atoms with van der Waals surface area (Å²) in [6.07, 6.45) is 1.09. The van der Waals surface area contributed by atoms with E-state index in [1.54, 1.807) is 11.8 Å². The van der Waals surface area contributed by atoms with Crippen LogP contribution in [0.25, 0.3) is 0 Å². The maximum atomic E-state index is 11.3. The first-order chi connectivity index (χ1) is 8.67. The molecule has 1 rings (SSSR count). The van der Waals surface area contributed by atoms with Crippen molar-refractivity contribution in [3.63, 3.8) is 0 Å². The Morgan fingerprint density at radius 3 is 2.72 bits per heavy atom. The average Bonchev–Trinajstić information content (AvgIpc) is 2.38. The second-order valence-corrected chi connectivity index (χ2v) is 5.57. The summed E-state index contributed by atoms with van der Waals surface area (Å²) in [5.74, 6) is 5.76. The fourth-order valence-electron chi connectivity index (χ4n) is 1.59. The van der Waals surface area contributed by atoms with Gasteiger partial charge in [0.05, 0.1) is 6.42 Å². The summed E-state index contributed by atoms with van der Waals surface area (Å²) in [5.41, 5.74) is 4.30. The molecule has 0 saturated carbocycles. The van der Waals surface area contributed by atoms with Gasteiger partial charge in [-0.05, 0) is 17.5 Å². The molecule has 4 nitrogen and oxygen atoms in total. The van der Waals surface area contributed by atoms with Gasteiger partial charge >= 0.3 is 0 Å². The molecule has 0 bridgehead atoms. The number of benzene rings is 1. The Labute approximate surface area is 112 Å². The minimum absolute atomic E-state index is 0.184. The summed E-state index contributed by atoms with van der Waals surface area (Å²) in [4.78, 5) is 11.3. The van der Waals surface area contributed by atoms with Crippen molar-refractivity contribution in [2.75, 3.05) is 6.61 Å². The molecule has 1 unspecified atom stereocenters. The van der Waals surface area contributed by atoms with Gasteiger partial charge in [0.25, 0.3) is 0 Å². The van der Waals surface area contributed by atoms with Crippen LogP contribution in [0.5, 0.6) is 0 Å². The molecule has 0 aromatic heterocycles. The molecule has 1 aromatic rings. The number of rotatable bonds is 7. The predicted molar refractivity (Wildman–Crippen MR) is 74.9 cm³/mol. The van der Waals surface area contributed by atoms with E-state index in [9.17, 15) is 4.79 Å². The maximum absolute atomic E-state index is 11.3. The van der Waals surface area contributed by atoms with Crippen molar-refractivity contribution in [1.29, 1.82) is 0 Å². The Hall–Kier alpha value is -1.04. The lowest BCUT2D eigenvalue weighted by atomic mass is 10.1. The smallest absolute Gasteiger partial charge is 0.238 e. The van der Waals surface area contributed by atoms with Crippen molar-refractivity contribution in [1.82, 2.24) is 5.43 Å². The zero-order chi connectivity index (χ0) is 13.4. The van der Waals surface area contributed by atoms with Crippen LogP contribution in [0.1, 0.15) is 24.5 Å². The standard InChI is InChI=1S/C13H20N2O2S/c1-10(6-7-16)18-9-12-5-3-2-4-11(12)8-13(17)15-14/h2-5,10,16H,6-9,14H2,1H3,(H,15,17). The van der Waals surface area contributed by atoms with Crippen LogP contribution in [0.3, 0.4) is 0 Å². The Kier molecular flexibility index (Phi) is 6.78. The lowest BCUT2D eigenvalue weighted by Gasteiger charge is -2.12. The number of thioether (sulfide) groups is 1. The van der Waals surface area contributed by atoms with Crippen LogP contribution in [-0.4, -0.2) is 22.9 Å². The monoisotopic (exact) mass is 268 g/mol. The van der Waals surface area contributed by atoms with E-state index in [0.29, 0.717) is 11.7 Å². The quantitative estimate of drug-likeness (QED) is 0.395. The zero-order valence-electron chi connectivity index (χ0n) is 10.6. The van der Waals surface area contributed by atoms with Gasteiger partial charge in [-0.15, -0.1) is 0 Å². The summed E-state index contributed by atoms with van der Waals surface area (Å²) < 4.78 is 0. The number of hydrogen-bond donors (Lipinski definition) is 3. The van der Waals surface area contributed by atoms with Crippen LogP contribution in [0.4, 0.5) is 0 Å². The second-order valence-electron chi connectivity index (χ2n) is 4.15. The van der Waals surface area contributed by atoms with Crippen LogP contribution in [0, 0.1) is 0 Å². The molecule has 0 aliphatic rings. The first-order valence-corrected chi connectivity index (χ1v) is 7.01. The number of carbonyl (C=O) groups excluding carboxylic acids is 1. The van der Waals surface area contributed by atoms with Crippen LogP contribution in [0.2, 0.25) is 0 Å². The Bertz CT molecular complexity index is 385. The maximum Gasteiger partial charge on any atom is 0.238 e. The van der Waals surface area contributed by atoms with Gasteiger partial charge in [0.15, 0.2) is 0 Å². The number of aliphatic hydroxyl groups excluding tert-OH is 1. The molecule has 0 heterocycles. The summed E-state index contributed by atoms with van der Waals surface area (Å²) >= 11 is 1.78. The fourth-order valence-corrected chi connectivity index (χ4v) is 2.61. The molecule has 100 valence electrons. The van der Waals surface area contributed by atoms with E-state index < -0.39 is 0 Å². The summed E-state index contributed by atoms with van der Waals surface area (Å²) in [6, 6.07) is 7.86. The van der Waals surface area contributed by atoms with Crippen LogP contribution in [-0.2, 0) is 17.0 Å². The van der Waals surface area contributed by atoms with Gasteiger partial charge in [0.1, 0.15) is 0 Å². The summed E-state index contributed by atoms with van der Waals surface area (Å²) in [6.45, 7) is 2.31. The molecule has 1 atom stereocenters. The Morgan fingerprint density at radius 1 is 1.44 bits per heavy atom. The lowest BCUT2D eigenvalue weighted by molar-refractivity contribution is -0.120. The van der Waals surface area contributed by atoms with Gasteiger partial charge < -0.3 is 5.11 Å². The molecule has 4 N–H and O–H groups in total. The number of nitrogens with two attached hydrogens (primary N) is 1. The average molecular weight is 268 g/mol. The molecule has 0 saturated heterocycles. The number of carbonyl (C=O) groups is 1. The van der Waals surface area contributed by atoms with Crippen molar-refractivity contribution in [2.45, 2.75) is 30.8 Å². The zero-order valence-corrected chi connectivity index (χ0v) is 11.4.